The van der Waals surface area contributed by atoms with Crippen LogP contribution in [0.2, 0.25) is 0 Å². The number of nitrogens with zero attached hydrogens (tertiary/aromatic N) is 1. The third-order valence-electron chi connectivity index (χ3n) is 3.65. The Hall–Kier alpha value is -2.62. The number of para-hydroxylation sites is 2. The predicted molar refractivity (Wildman–Crippen MR) is 93.6 cm³/mol. The van der Waals surface area contributed by atoms with Crippen LogP contribution in [-0.2, 0) is 9.59 Å². The molecule has 2 amide bonds. The summed E-state index contributed by atoms with van der Waals surface area (Å²) >= 11 is 0. The van der Waals surface area contributed by atoms with Crippen LogP contribution >= 0.6 is 0 Å². The maximum Gasteiger partial charge on any atom is 0.316 e. The van der Waals surface area contributed by atoms with Crippen molar-refractivity contribution in [1.29, 1.82) is 0 Å². The van der Waals surface area contributed by atoms with Gasteiger partial charge in [-0.15, -0.1) is 0 Å². The van der Waals surface area contributed by atoms with Gasteiger partial charge in [-0.25, -0.2) is 0 Å². The molecule has 0 saturated heterocycles. The van der Waals surface area contributed by atoms with Gasteiger partial charge in [0.15, 0.2) is 0 Å². The molecule has 2 aromatic rings. The van der Waals surface area contributed by atoms with Crippen molar-refractivity contribution < 1.29 is 9.59 Å². The Kier molecular flexibility index (Phi) is 5.52. The number of amides is 2. The molecule has 2 rings (SSSR count). The molecule has 1 N–H and O–H groups in total. The second-order valence-electron chi connectivity index (χ2n) is 5.58. The van der Waals surface area contributed by atoms with Crippen LogP contribution in [0.3, 0.4) is 0 Å². The topological polar surface area (TPSA) is 49.4 Å². The van der Waals surface area contributed by atoms with Crippen LogP contribution in [0.15, 0.2) is 54.6 Å². The van der Waals surface area contributed by atoms with E-state index in [9.17, 15) is 9.59 Å². The summed E-state index contributed by atoms with van der Waals surface area (Å²) in [5, 5.41) is 2.75. The van der Waals surface area contributed by atoms with E-state index in [1.165, 1.54) is 4.90 Å². The first-order valence-corrected chi connectivity index (χ1v) is 7.81. The predicted octanol–water partition coefficient (Wildman–Crippen LogP) is 3.80. The lowest BCUT2D eigenvalue weighted by Gasteiger charge is -2.21. The Morgan fingerprint density at radius 1 is 1.00 bits per heavy atom. The van der Waals surface area contributed by atoms with Gasteiger partial charge in [0.1, 0.15) is 0 Å². The quantitative estimate of drug-likeness (QED) is 0.873. The number of rotatable bonds is 4. The molecule has 4 nitrogen and oxygen atoms in total. The highest BCUT2D eigenvalue weighted by Crippen LogP contribution is 2.24. The smallest absolute Gasteiger partial charge is 0.316 e. The molecule has 4 heteroatoms. The minimum Gasteiger partial charge on any atom is -0.318 e. The maximum absolute atomic E-state index is 12.5. The van der Waals surface area contributed by atoms with Gasteiger partial charge in [0, 0.05) is 17.9 Å². The van der Waals surface area contributed by atoms with Gasteiger partial charge in [0.05, 0.1) is 0 Å². The third kappa shape index (κ3) is 3.97. The van der Waals surface area contributed by atoms with E-state index in [2.05, 4.69) is 19.2 Å². The first kappa shape index (κ1) is 16.7. The summed E-state index contributed by atoms with van der Waals surface area (Å²) in [6.45, 7) is 6.38. The molecule has 0 aliphatic rings. The van der Waals surface area contributed by atoms with E-state index in [4.69, 9.17) is 0 Å². The number of anilines is 2. The van der Waals surface area contributed by atoms with Gasteiger partial charge in [-0.05, 0) is 36.6 Å². The van der Waals surface area contributed by atoms with Gasteiger partial charge >= 0.3 is 11.8 Å². The third-order valence-corrected chi connectivity index (χ3v) is 3.65. The van der Waals surface area contributed by atoms with Crippen LogP contribution in [-0.4, -0.2) is 18.4 Å². The molecule has 120 valence electrons. The lowest BCUT2D eigenvalue weighted by atomic mass is 10.0. The van der Waals surface area contributed by atoms with Crippen LogP contribution in [0.5, 0.6) is 0 Å². The van der Waals surface area contributed by atoms with Crippen molar-refractivity contribution in [1.82, 2.24) is 0 Å². The number of benzene rings is 2. The van der Waals surface area contributed by atoms with Crippen LogP contribution < -0.4 is 10.2 Å². The molecule has 0 saturated carbocycles. The number of likely N-dealkylation sites (N-methyl/N-ethyl adjacent to an activating group) is 1. The number of hydrogen-bond donors (Lipinski definition) is 1. The SMILES string of the molecule is CCN(C(=O)C(=O)Nc1ccccc1C(C)C)c1ccccc1. The van der Waals surface area contributed by atoms with Crippen molar-refractivity contribution in [2.75, 3.05) is 16.8 Å². The number of carbonyl (C=O) groups excluding carboxylic acids is 2. The Bertz CT molecular complexity index is 681. The van der Waals surface area contributed by atoms with Gasteiger partial charge in [-0.1, -0.05) is 50.2 Å². The second kappa shape index (κ2) is 7.58. The van der Waals surface area contributed by atoms with Crippen molar-refractivity contribution in [2.45, 2.75) is 26.7 Å². The monoisotopic (exact) mass is 310 g/mol. The van der Waals surface area contributed by atoms with Gasteiger partial charge < -0.3 is 10.2 Å². The lowest BCUT2D eigenvalue weighted by molar-refractivity contribution is -0.134. The molecule has 23 heavy (non-hydrogen) atoms. The summed E-state index contributed by atoms with van der Waals surface area (Å²) in [7, 11) is 0. The van der Waals surface area contributed by atoms with Crippen molar-refractivity contribution in [2.24, 2.45) is 0 Å². The average molecular weight is 310 g/mol. The van der Waals surface area contributed by atoms with Crippen molar-refractivity contribution in [3.63, 3.8) is 0 Å². The number of hydrogen-bond acceptors (Lipinski definition) is 2. The van der Waals surface area contributed by atoms with E-state index in [0.717, 1.165) is 5.56 Å². The minimum absolute atomic E-state index is 0.262. The summed E-state index contributed by atoms with van der Waals surface area (Å²) in [4.78, 5) is 26.3. The van der Waals surface area contributed by atoms with E-state index in [0.29, 0.717) is 17.9 Å². The Morgan fingerprint density at radius 2 is 1.61 bits per heavy atom. The van der Waals surface area contributed by atoms with Crippen LogP contribution in [0.25, 0.3) is 0 Å². The number of nitrogens with one attached hydrogen (secondary N) is 1. The molecule has 0 bridgehead atoms. The van der Waals surface area contributed by atoms with E-state index in [1.54, 1.807) is 0 Å². The molecule has 0 aliphatic heterocycles. The average Bonchev–Trinajstić information content (AvgIpc) is 2.56. The zero-order valence-corrected chi connectivity index (χ0v) is 13.7. The molecule has 0 unspecified atom stereocenters. The zero-order chi connectivity index (χ0) is 16.8. The van der Waals surface area contributed by atoms with E-state index >= 15 is 0 Å². The highest BCUT2D eigenvalue weighted by atomic mass is 16.2. The summed E-state index contributed by atoms with van der Waals surface area (Å²) in [6, 6.07) is 16.7. The molecule has 0 aromatic heterocycles. The Balaban J connectivity index is 2.19. The minimum atomic E-state index is -0.621. The first-order chi connectivity index (χ1) is 11.0. The van der Waals surface area contributed by atoms with Crippen molar-refractivity contribution >= 4 is 23.2 Å². The number of carbonyl (C=O) groups is 2. The fourth-order valence-electron chi connectivity index (χ4n) is 2.46. The molecule has 0 aliphatic carbocycles. The molecule has 0 radical (unpaired) electrons. The molecular formula is C19H22N2O2. The standard InChI is InChI=1S/C19H22N2O2/c1-4-21(15-10-6-5-7-11-15)19(23)18(22)20-17-13-9-8-12-16(17)14(2)3/h5-14H,4H2,1-3H3,(H,20,22). The summed E-state index contributed by atoms with van der Waals surface area (Å²) in [6.07, 6.45) is 0. The van der Waals surface area contributed by atoms with Gasteiger partial charge in [-0.3, -0.25) is 9.59 Å². The van der Waals surface area contributed by atoms with Crippen LogP contribution in [0.4, 0.5) is 11.4 Å². The summed E-state index contributed by atoms with van der Waals surface area (Å²) < 4.78 is 0. The maximum atomic E-state index is 12.5. The van der Waals surface area contributed by atoms with E-state index in [1.807, 2.05) is 61.5 Å². The normalized spacial score (nSPS) is 10.4. The first-order valence-electron chi connectivity index (χ1n) is 7.81. The van der Waals surface area contributed by atoms with Crippen LogP contribution in [0.1, 0.15) is 32.3 Å². The largest absolute Gasteiger partial charge is 0.318 e. The summed E-state index contributed by atoms with van der Waals surface area (Å²) in [5.74, 6) is -0.918. The van der Waals surface area contributed by atoms with E-state index in [-0.39, 0.29) is 5.92 Å². The lowest BCUT2D eigenvalue weighted by Crippen LogP contribution is -2.39. The molecule has 0 atom stereocenters. The highest BCUT2D eigenvalue weighted by Gasteiger charge is 2.22. The fraction of sp³-hybridized carbons (Fsp3) is 0.263. The highest BCUT2D eigenvalue weighted by molar-refractivity contribution is 6.44. The summed E-state index contributed by atoms with van der Waals surface area (Å²) in [5.41, 5.74) is 2.41. The van der Waals surface area contributed by atoms with Crippen LogP contribution in [0, 0.1) is 0 Å². The molecule has 0 spiro atoms. The molecule has 2 aromatic carbocycles. The van der Waals surface area contributed by atoms with Crippen molar-refractivity contribution in [3.05, 3.63) is 60.2 Å². The molecular weight excluding hydrogens is 288 g/mol. The second-order valence-corrected chi connectivity index (χ2v) is 5.58. The van der Waals surface area contributed by atoms with Gasteiger partial charge in [0.25, 0.3) is 0 Å². The molecule has 0 heterocycles. The molecule has 0 fully saturated rings. The van der Waals surface area contributed by atoms with Crippen molar-refractivity contribution in [3.8, 4) is 0 Å². The van der Waals surface area contributed by atoms with E-state index < -0.39 is 11.8 Å². The fourth-order valence-corrected chi connectivity index (χ4v) is 2.46. The van der Waals surface area contributed by atoms with Gasteiger partial charge in [0.2, 0.25) is 0 Å². The van der Waals surface area contributed by atoms with Gasteiger partial charge in [-0.2, -0.15) is 0 Å². The Labute approximate surface area is 137 Å². The Morgan fingerprint density at radius 3 is 2.22 bits per heavy atom. The zero-order valence-electron chi connectivity index (χ0n) is 13.7.